The number of rotatable bonds is 4. The SMILES string of the molecule is CCc1cccc(N(c2ccccc2)c2cccc(C)c2)c1. The van der Waals surface area contributed by atoms with Gasteiger partial charge in [-0.1, -0.05) is 49.4 Å². The molecule has 0 aliphatic rings. The summed E-state index contributed by atoms with van der Waals surface area (Å²) in [5.41, 5.74) is 6.20. The zero-order valence-corrected chi connectivity index (χ0v) is 13.2. The van der Waals surface area contributed by atoms with E-state index < -0.39 is 0 Å². The molecule has 3 aromatic carbocycles. The van der Waals surface area contributed by atoms with Crippen LogP contribution in [0.5, 0.6) is 0 Å². The van der Waals surface area contributed by atoms with Crippen molar-refractivity contribution in [1.82, 2.24) is 0 Å². The van der Waals surface area contributed by atoms with Crippen molar-refractivity contribution in [3.63, 3.8) is 0 Å². The zero-order chi connectivity index (χ0) is 15.4. The molecule has 0 spiro atoms. The van der Waals surface area contributed by atoms with Crippen LogP contribution >= 0.6 is 0 Å². The molecular formula is C21H21N. The Morgan fingerprint density at radius 3 is 2.00 bits per heavy atom. The monoisotopic (exact) mass is 287 g/mol. The van der Waals surface area contributed by atoms with Gasteiger partial charge in [-0.05, 0) is 60.9 Å². The second-order valence-electron chi connectivity index (χ2n) is 5.53. The third-order valence-corrected chi connectivity index (χ3v) is 3.85. The summed E-state index contributed by atoms with van der Waals surface area (Å²) in [5.74, 6) is 0. The Labute approximate surface area is 132 Å². The van der Waals surface area contributed by atoms with E-state index in [1.807, 2.05) is 0 Å². The van der Waals surface area contributed by atoms with Gasteiger partial charge in [-0.25, -0.2) is 0 Å². The van der Waals surface area contributed by atoms with Crippen LogP contribution in [0.25, 0.3) is 0 Å². The van der Waals surface area contributed by atoms with Crippen molar-refractivity contribution >= 4 is 17.1 Å². The highest BCUT2D eigenvalue weighted by molar-refractivity contribution is 5.76. The highest BCUT2D eigenvalue weighted by Gasteiger charge is 2.12. The Hall–Kier alpha value is -2.54. The third-order valence-electron chi connectivity index (χ3n) is 3.85. The summed E-state index contributed by atoms with van der Waals surface area (Å²) in [6, 6.07) is 27.9. The van der Waals surface area contributed by atoms with E-state index in [9.17, 15) is 0 Å². The molecule has 0 aliphatic heterocycles. The topological polar surface area (TPSA) is 3.24 Å². The van der Waals surface area contributed by atoms with Gasteiger partial charge in [0.1, 0.15) is 0 Å². The molecule has 22 heavy (non-hydrogen) atoms. The van der Waals surface area contributed by atoms with Gasteiger partial charge < -0.3 is 4.90 Å². The van der Waals surface area contributed by atoms with Crippen LogP contribution in [-0.4, -0.2) is 0 Å². The van der Waals surface area contributed by atoms with Crippen LogP contribution in [0, 0.1) is 6.92 Å². The fourth-order valence-corrected chi connectivity index (χ4v) is 2.71. The Morgan fingerprint density at radius 1 is 0.682 bits per heavy atom. The van der Waals surface area contributed by atoms with Crippen LogP contribution in [0.15, 0.2) is 78.9 Å². The quantitative estimate of drug-likeness (QED) is 0.566. The summed E-state index contributed by atoms with van der Waals surface area (Å²) in [4.78, 5) is 2.31. The normalized spacial score (nSPS) is 10.5. The Bertz CT molecular complexity index is 747. The molecule has 0 heterocycles. The van der Waals surface area contributed by atoms with Gasteiger partial charge in [0, 0.05) is 17.1 Å². The van der Waals surface area contributed by atoms with Crippen molar-refractivity contribution < 1.29 is 0 Å². The van der Waals surface area contributed by atoms with E-state index in [1.54, 1.807) is 0 Å². The van der Waals surface area contributed by atoms with Gasteiger partial charge in [0.25, 0.3) is 0 Å². The van der Waals surface area contributed by atoms with E-state index in [2.05, 4.69) is 97.6 Å². The molecule has 3 aromatic rings. The first-order valence-corrected chi connectivity index (χ1v) is 7.78. The maximum Gasteiger partial charge on any atom is 0.0464 e. The number of anilines is 3. The van der Waals surface area contributed by atoms with E-state index in [1.165, 1.54) is 28.2 Å². The molecule has 0 bridgehead atoms. The summed E-state index contributed by atoms with van der Waals surface area (Å²) in [6.07, 6.45) is 1.05. The molecule has 0 radical (unpaired) electrons. The fraction of sp³-hybridized carbons (Fsp3) is 0.143. The summed E-state index contributed by atoms with van der Waals surface area (Å²) >= 11 is 0. The lowest BCUT2D eigenvalue weighted by molar-refractivity contribution is 1.13. The molecule has 0 unspecified atom stereocenters. The molecule has 1 heteroatoms. The Morgan fingerprint density at radius 2 is 1.32 bits per heavy atom. The summed E-state index contributed by atoms with van der Waals surface area (Å²) < 4.78 is 0. The maximum atomic E-state index is 2.31. The van der Waals surface area contributed by atoms with Crippen molar-refractivity contribution in [2.75, 3.05) is 4.90 Å². The molecule has 0 N–H and O–H groups in total. The van der Waals surface area contributed by atoms with Crippen molar-refractivity contribution in [3.05, 3.63) is 90.0 Å². The van der Waals surface area contributed by atoms with Crippen molar-refractivity contribution in [2.24, 2.45) is 0 Å². The van der Waals surface area contributed by atoms with Gasteiger partial charge >= 0.3 is 0 Å². The van der Waals surface area contributed by atoms with Crippen LogP contribution in [0.4, 0.5) is 17.1 Å². The molecule has 0 saturated heterocycles. The van der Waals surface area contributed by atoms with Gasteiger partial charge in [0.2, 0.25) is 0 Å². The molecule has 0 atom stereocenters. The first-order chi connectivity index (χ1) is 10.8. The predicted octanol–water partition coefficient (Wildman–Crippen LogP) is 6.03. The summed E-state index contributed by atoms with van der Waals surface area (Å²) in [6.45, 7) is 4.33. The van der Waals surface area contributed by atoms with E-state index >= 15 is 0 Å². The van der Waals surface area contributed by atoms with Gasteiger partial charge in [-0.2, -0.15) is 0 Å². The lowest BCUT2D eigenvalue weighted by atomic mass is 10.1. The largest absolute Gasteiger partial charge is 0.310 e. The van der Waals surface area contributed by atoms with Crippen molar-refractivity contribution in [2.45, 2.75) is 20.3 Å². The Kier molecular flexibility index (Phi) is 4.24. The van der Waals surface area contributed by atoms with E-state index in [0.29, 0.717) is 0 Å². The standard InChI is InChI=1S/C21H21N/c1-3-18-10-8-14-21(16-18)22(19-11-5-4-6-12-19)20-13-7-9-17(2)15-20/h4-16H,3H2,1-2H3. The molecule has 1 nitrogen and oxygen atoms in total. The van der Waals surface area contributed by atoms with Gasteiger partial charge in [-0.3, -0.25) is 0 Å². The van der Waals surface area contributed by atoms with E-state index in [-0.39, 0.29) is 0 Å². The highest BCUT2D eigenvalue weighted by atomic mass is 15.1. The molecule has 0 aliphatic carbocycles. The van der Waals surface area contributed by atoms with Crippen molar-refractivity contribution in [1.29, 1.82) is 0 Å². The molecule has 110 valence electrons. The molecule has 0 aromatic heterocycles. The lowest BCUT2D eigenvalue weighted by Gasteiger charge is -2.26. The number of nitrogens with zero attached hydrogens (tertiary/aromatic N) is 1. The number of benzene rings is 3. The molecule has 0 saturated carbocycles. The third kappa shape index (κ3) is 3.04. The average Bonchev–Trinajstić information content (AvgIpc) is 2.56. The van der Waals surface area contributed by atoms with Crippen LogP contribution in [0.3, 0.4) is 0 Å². The van der Waals surface area contributed by atoms with Gasteiger partial charge in [0.05, 0.1) is 0 Å². The Balaban J connectivity index is 2.14. The second kappa shape index (κ2) is 6.48. The van der Waals surface area contributed by atoms with Crippen LogP contribution < -0.4 is 4.90 Å². The van der Waals surface area contributed by atoms with E-state index in [0.717, 1.165) is 6.42 Å². The smallest absolute Gasteiger partial charge is 0.0464 e. The number of hydrogen-bond acceptors (Lipinski definition) is 1. The minimum atomic E-state index is 1.05. The fourth-order valence-electron chi connectivity index (χ4n) is 2.71. The highest BCUT2D eigenvalue weighted by Crippen LogP contribution is 2.34. The zero-order valence-electron chi connectivity index (χ0n) is 13.2. The van der Waals surface area contributed by atoms with Gasteiger partial charge in [0.15, 0.2) is 0 Å². The predicted molar refractivity (Wildman–Crippen MR) is 95.2 cm³/mol. The molecular weight excluding hydrogens is 266 g/mol. The van der Waals surface area contributed by atoms with E-state index in [4.69, 9.17) is 0 Å². The van der Waals surface area contributed by atoms with Crippen molar-refractivity contribution in [3.8, 4) is 0 Å². The number of aryl methyl sites for hydroxylation is 2. The second-order valence-corrected chi connectivity index (χ2v) is 5.53. The first-order valence-electron chi connectivity index (χ1n) is 7.78. The maximum absolute atomic E-state index is 2.31. The van der Waals surface area contributed by atoms with Crippen LogP contribution in [-0.2, 0) is 6.42 Å². The summed E-state index contributed by atoms with van der Waals surface area (Å²) in [7, 11) is 0. The van der Waals surface area contributed by atoms with Crippen LogP contribution in [0.1, 0.15) is 18.1 Å². The van der Waals surface area contributed by atoms with Gasteiger partial charge in [-0.15, -0.1) is 0 Å². The number of hydrogen-bond donors (Lipinski definition) is 0. The average molecular weight is 287 g/mol. The lowest BCUT2D eigenvalue weighted by Crippen LogP contribution is -2.10. The minimum Gasteiger partial charge on any atom is -0.310 e. The summed E-state index contributed by atoms with van der Waals surface area (Å²) in [5, 5.41) is 0. The first kappa shape index (κ1) is 14.4. The molecule has 3 rings (SSSR count). The molecule has 0 amide bonds. The molecule has 0 fully saturated rings. The van der Waals surface area contributed by atoms with Crippen LogP contribution in [0.2, 0.25) is 0 Å². The minimum absolute atomic E-state index is 1.05. The number of para-hydroxylation sites is 1.